The number of ether oxygens (including phenoxy) is 1. The van der Waals surface area contributed by atoms with Gasteiger partial charge in [-0.3, -0.25) is 4.79 Å². The zero-order chi connectivity index (χ0) is 19.4. The molecule has 2 heterocycles. The Labute approximate surface area is 161 Å². The Morgan fingerprint density at radius 2 is 1.89 bits per heavy atom. The van der Waals surface area contributed by atoms with Crippen LogP contribution in [0.3, 0.4) is 0 Å². The summed E-state index contributed by atoms with van der Waals surface area (Å²) in [7, 11) is -3.55. The van der Waals surface area contributed by atoms with Gasteiger partial charge in [-0.1, -0.05) is 11.8 Å². The number of nitrogens with zero attached hydrogens (tertiary/aromatic N) is 4. The standard InChI is InChI=1S/C16H20N4O5S2/c1-2-20-15(17-18-16(20)26-11-14(21)22)12-3-5-13(6-4-12)27(23,24)19-7-9-25-10-8-19/h3-6H,2,7-11H2,1H3,(H,21,22). The van der Waals surface area contributed by atoms with E-state index >= 15 is 0 Å². The zero-order valence-electron chi connectivity index (χ0n) is 14.7. The molecule has 146 valence electrons. The zero-order valence-corrected chi connectivity index (χ0v) is 16.4. The third kappa shape index (κ3) is 4.32. The van der Waals surface area contributed by atoms with E-state index in [1.54, 1.807) is 28.8 Å². The topological polar surface area (TPSA) is 115 Å². The fourth-order valence-electron chi connectivity index (χ4n) is 2.73. The molecular formula is C16H20N4O5S2. The minimum Gasteiger partial charge on any atom is -0.481 e. The number of aromatic nitrogens is 3. The van der Waals surface area contributed by atoms with Crippen LogP contribution in [0, 0.1) is 0 Å². The molecule has 0 saturated carbocycles. The first-order valence-corrected chi connectivity index (χ1v) is 10.8. The maximum Gasteiger partial charge on any atom is 0.313 e. The van der Waals surface area contributed by atoms with E-state index in [1.807, 2.05) is 6.92 Å². The lowest BCUT2D eigenvalue weighted by atomic mass is 10.2. The first kappa shape index (κ1) is 19.8. The number of aliphatic carboxylic acids is 1. The molecule has 1 N–H and O–H groups in total. The number of rotatable bonds is 7. The van der Waals surface area contributed by atoms with Crippen LogP contribution in [0.2, 0.25) is 0 Å². The lowest BCUT2D eigenvalue weighted by Crippen LogP contribution is -2.40. The van der Waals surface area contributed by atoms with Gasteiger partial charge in [-0.05, 0) is 31.2 Å². The number of sulfonamides is 1. The molecule has 1 aliphatic heterocycles. The molecule has 2 aromatic rings. The van der Waals surface area contributed by atoms with Gasteiger partial charge in [-0.15, -0.1) is 10.2 Å². The van der Waals surface area contributed by atoms with Gasteiger partial charge in [0.2, 0.25) is 10.0 Å². The number of hydrogen-bond acceptors (Lipinski definition) is 7. The largest absolute Gasteiger partial charge is 0.481 e. The first-order chi connectivity index (χ1) is 12.9. The van der Waals surface area contributed by atoms with Crippen molar-refractivity contribution in [1.29, 1.82) is 0 Å². The van der Waals surface area contributed by atoms with Crippen molar-refractivity contribution in [2.45, 2.75) is 23.5 Å². The summed E-state index contributed by atoms with van der Waals surface area (Å²) in [6.07, 6.45) is 0. The molecule has 0 amide bonds. The molecule has 11 heteroatoms. The molecule has 9 nitrogen and oxygen atoms in total. The normalized spacial score (nSPS) is 15.7. The average molecular weight is 412 g/mol. The van der Waals surface area contributed by atoms with E-state index in [2.05, 4.69) is 10.2 Å². The number of carboxylic acids is 1. The van der Waals surface area contributed by atoms with Crippen molar-refractivity contribution in [1.82, 2.24) is 19.1 Å². The van der Waals surface area contributed by atoms with Crippen molar-refractivity contribution < 1.29 is 23.1 Å². The molecule has 1 saturated heterocycles. The molecule has 0 spiro atoms. The molecule has 0 radical (unpaired) electrons. The third-order valence-corrected chi connectivity index (χ3v) is 6.94. The molecule has 0 unspecified atom stereocenters. The van der Waals surface area contributed by atoms with Gasteiger partial charge in [-0.2, -0.15) is 4.31 Å². The first-order valence-electron chi connectivity index (χ1n) is 8.39. The Kier molecular flexibility index (Phi) is 6.15. The van der Waals surface area contributed by atoms with E-state index in [9.17, 15) is 13.2 Å². The number of morpholine rings is 1. The molecular weight excluding hydrogens is 392 g/mol. The summed E-state index contributed by atoms with van der Waals surface area (Å²) < 4.78 is 33.8. The Hall–Kier alpha value is -1.95. The number of hydrogen-bond donors (Lipinski definition) is 1. The van der Waals surface area contributed by atoms with Gasteiger partial charge in [0.05, 0.1) is 23.9 Å². The van der Waals surface area contributed by atoms with Crippen molar-refractivity contribution >= 4 is 27.8 Å². The van der Waals surface area contributed by atoms with Crippen LogP contribution in [0.15, 0.2) is 34.3 Å². The number of carboxylic acid groups (broad SMARTS) is 1. The number of thioether (sulfide) groups is 1. The Morgan fingerprint density at radius 3 is 2.48 bits per heavy atom. The van der Waals surface area contributed by atoms with E-state index in [0.29, 0.717) is 49.4 Å². The highest BCUT2D eigenvalue weighted by Crippen LogP contribution is 2.26. The quantitative estimate of drug-likeness (QED) is 0.674. The minimum atomic E-state index is -3.55. The fourth-order valence-corrected chi connectivity index (χ4v) is 4.86. The van der Waals surface area contributed by atoms with Crippen LogP contribution >= 0.6 is 11.8 Å². The number of carbonyl (C=O) groups is 1. The predicted octanol–water partition coefficient (Wildman–Crippen LogP) is 1.16. The van der Waals surface area contributed by atoms with E-state index in [-0.39, 0.29) is 10.6 Å². The highest BCUT2D eigenvalue weighted by Gasteiger charge is 2.26. The van der Waals surface area contributed by atoms with Crippen LogP contribution in [-0.4, -0.2) is 70.6 Å². The monoisotopic (exact) mass is 412 g/mol. The van der Waals surface area contributed by atoms with Crippen LogP contribution in [0.5, 0.6) is 0 Å². The third-order valence-electron chi connectivity index (χ3n) is 4.08. The Bertz CT molecular complexity index is 905. The summed E-state index contributed by atoms with van der Waals surface area (Å²) in [5.41, 5.74) is 0.715. The van der Waals surface area contributed by atoms with Crippen LogP contribution in [-0.2, 0) is 26.1 Å². The SMILES string of the molecule is CCn1c(SCC(=O)O)nnc1-c1ccc(S(=O)(=O)N2CCOCC2)cc1. The second kappa shape index (κ2) is 8.38. The summed E-state index contributed by atoms with van der Waals surface area (Å²) in [4.78, 5) is 11.0. The Balaban J connectivity index is 1.84. The fraction of sp³-hybridized carbons (Fsp3) is 0.438. The molecule has 27 heavy (non-hydrogen) atoms. The maximum atomic E-state index is 12.7. The molecule has 0 bridgehead atoms. The van der Waals surface area contributed by atoms with Crippen molar-refractivity contribution in [2.75, 3.05) is 32.1 Å². The summed E-state index contributed by atoms with van der Waals surface area (Å²) in [6, 6.07) is 6.49. The number of benzene rings is 1. The second-order valence-electron chi connectivity index (χ2n) is 5.77. The van der Waals surface area contributed by atoms with Crippen LogP contribution in [0.1, 0.15) is 6.92 Å². The molecule has 0 aliphatic carbocycles. The van der Waals surface area contributed by atoms with E-state index in [0.717, 1.165) is 11.8 Å². The summed E-state index contributed by atoms with van der Waals surface area (Å²) in [5.74, 6) is -0.458. The van der Waals surface area contributed by atoms with Crippen molar-refractivity contribution in [3.05, 3.63) is 24.3 Å². The molecule has 0 atom stereocenters. The van der Waals surface area contributed by atoms with Gasteiger partial charge in [-0.25, -0.2) is 8.42 Å². The van der Waals surface area contributed by atoms with Gasteiger partial charge >= 0.3 is 5.97 Å². The molecule has 1 aromatic heterocycles. The molecule has 3 rings (SSSR count). The highest BCUT2D eigenvalue weighted by atomic mass is 32.2. The Morgan fingerprint density at radius 1 is 1.22 bits per heavy atom. The van der Waals surface area contributed by atoms with E-state index in [1.165, 1.54) is 4.31 Å². The van der Waals surface area contributed by atoms with Gasteiger partial charge in [0.1, 0.15) is 0 Å². The van der Waals surface area contributed by atoms with Gasteiger partial charge < -0.3 is 14.4 Å². The van der Waals surface area contributed by atoms with Gasteiger partial charge in [0.25, 0.3) is 0 Å². The lowest BCUT2D eigenvalue weighted by molar-refractivity contribution is -0.133. The summed E-state index contributed by atoms with van der Waals surface area (Å²) in [5, 5.41) is 17.5. The van der Waals surface area contributed by atoms with Crippen molar-refractivity contribution in [2.24, 2.45) is 0 Å². The predicted molar refractivity (Wildman–Crippen MR) is 99.1 cm³/mol. The summed E-state index contributed by atoms with van der Waals surface area (Å²) >= 11 is 1.10. The maximum absolute atomic E-state index is 12.7. The van der Waals surface area contributed by atoms with Crippen molar-refractivity contribution in [3.8, 4) is 11.4 Å². The smallest absolute Gasteiger partial charge is 0.313 e. The van der Waals surface area contributed by atoms with E-state index < -0.39 is 16.0 Å². The van der Waals surface area contributed by atoms with Crippen LogP contribution in [0.25, 0.3) is 11.4 Å². The minimum absolute atomic E-state index is 0.102. The molecule has 1 aliphatic rings. The summed E-state index contributed by atoms with van der Waals surface area (Å²) in [6.45, 7) is 3.96. The van der Waals surface area contributed by atoms with Crippen molar-refractivity contribution in [3.63, 3.8) is 0 Å². The van der Waals surface area contributed by atoms with Gasteiger partial charge in [0.15, 0.2) is 11.0 Å². The second-order valence-corrected chi connectivity index (χ2v) is 8.65. The van der Waals surface area contributed by atoms with Crippen LogP contribution < -0.4 is 0 Å². The van der Waals surface area contributed by atoms with E-state index in [4.69, 9.17) is 9.84 Å². The molecule has 1 aromatic carbocycles. The lowest BCUT2D eigenvalue weighted by Gasteiger charge is -2.26. The highest BCUT2D eigenvalue weighted by molar-refractivity contribution is 7.99. The van der Waals surface area contributed by atoms with Gasteiger partial charge in [0, 0.05) is 25.2 Å². The van der Waals surface area contributed by atoms with Crippen LogP contribution in [0.4, 0.5) is 0 Å². The molecule has 1 fully saturated rings. The average Bonchev–Trinajstić information content (AvgIpc) is 3.10.